The van der Waals surface area contributed by atoms with E-state index in [1.807, 2.05) is 56.3 Å². The van der Waals surface area contributed by atoms with Gasteiger partial charge in [0.1, 0.15) is 5.75 Å². The number of nitrogens with zero attached hydrogens (tertiary/aromatic N) is 3. The largest absolute Gasteiger partial charge is 0.438 e. The van der Waals surface area contributed by atoms with Crippen LogP contribution in [0.25, 0.3) is 10.9 Å². The third-order valence-electron chi connectivity index (χ3n) is 4.78. The van der Waals surface area contributed by atoms with Crippen molar-refractivity contribution in [3.63, 3.8) is 0 Å². The molecule has 5 heteroatoms. The summed E-state index contributed by atoms with van der Waals surface area (Å²) in [6.45, 7) is 3.83. The van der Waals surface area contributed by atoms with E-state index in [2.05, 4.69) is 22.4 Å². The second-order valence-corrected chi connectivity index (χ2v) is 6.99. The van der Waals surface area contributed by atoms with Crippen LogP contribution in [0.15, 0.2) is 66.7 Å². The molecule has 0 saturated heterocycles. The van der Waals surface area contributed by atoms with Crippen LogP contribution in [-0.4, -0.2) is 4.98 Å². The van der Waals surface area contributed by atoms with Crippen LogP contribution in [0, 0.1) is 36.5 Å². The highest BCUT2D eigenvalue weighted by Gasteiger charge is 2.12. The molecule has 3 aromatic carbocycles. The van der Waals surface area contributed by atoms with Crippen LogP contribution in [0.5, 0.6) is 11.6 Å². The molecule has 4 rings (SSSR count). The summed E-state index contributed by atoms with van der Waals surface area (Å²) in [6, 6.07) is 24.9. The highest BCUT2D eigenvalue weighted by Crippen LogP contribution is 2.34. The summed E-state index contributed by atoms with van der Waals surface area (Å²) in [5, 5.41) is 22.5. The first-order valence-corrected chi connectivity index (χ1v) is 9.43. The van der Waals surface area contributed by atoms with Crippen LogP contribution in [-0.2, 0) is 0 Å². The van der Waals surface area contributed by atoms with Crippen molar-refractivity contribution in [3.8, 4) is 23.8 Å². The molecule has 0 unspecified atom stereocenters. The van der Waals surface area contributed by atoms with Crippen molar-refractivity contribution in [3.05, 3.63) is 89.0 Å². The molecular formula is C25H18N4O. The molecule has 0 atom stereocenters. The Bertz CT molecular complexity index is 1310. The standard InChI is InChI=1S/C25H18N4O/c1-16-11-19(15-27)12-17(2)25(16)30-24-13-23(21-5-3-4-6-22(21)29-24)28-20-9-7-18(14-26)8-10-20/h3-13H,1-2H3,(H,28,29). The van der Waals surface area contributed by atoms with Crippen molar-refractivity contribution in [2.24, 2.45) is 0 Å². The molecule has 144 valence electrons. The van der Waals surface area contributed by atoms with Crippen molar-refractivity contribution >= 4 is 22.3 Å². The predicted octanol–water partition coefficient (Wildman–Crippen LogP) is 6.13. The quantitative estimate of drug-likeness (QED) is 0.453. The normalized spacial score (nSPS) is 10.3. The Balaban J connectivity index is 1.75. The maximum atomic E-state index is 9.17. The molecule has 0 aliphatic rings. The van der Waals surface area contributed by atoms with E-state index in [4.69, 9.17) is 15.3 Å². The number of fused-ring (bicyclic) bond motifs is 1. The van der Waals surface area contributed by atoms with Crippen molar-refractivity contribution in [1.82, 2.24) is 4.98 Å². The lowest BCUT2D eigenvalue weighted by Crippen LogP contribution is -1.98. The van der Waals surface area contributed by atoms with Gasteiger partial charge in [0.15, 0.2) is 0 Å². The fraction of sp³-hybridized carbons (Fsp3) is 0.0800. The van der Waals surface area contributed by atoms with Gasteiger partial charge in [-0.15, -0.1) is 0 Å². The summed E-state index contributed by atoms with van der Waals surface area (Å²) >= 11 is 0. The highest BCUT2D eigenvalue weighted by atomic mass is 16.5. The van der Waals surface area contributed by atoms with E-state index in [-0.39, 0.29) is 0 Å². The minimum Gasteiger partial charge on any atom is -0.438 e. The lowest BCUT2D eigenvalue weighted by molar-refractivity contribution is 0.458. The zero-order valence-corrected chi connectivity index (χ0v) is 16.6. The fourth-order valence-corrected chi connectivity index (χ4v) is 3.37. The minimum absolute atomic E-state index is 0.459. The molecule has 0 saturated carbocycles. The molecule has 0 aliphatic carbocycles. The second kappa shape index (κ2) is 7.95. The molecule has 30 heavy (non-hydrogen) atoms. The first-order chi connectivity index (χ1) is 14.6. The Kier molecular flexibility index (Phi) is 5.03. The molecule has 0 radical (unpaired) electrons. The van der Waals surface area contributed by atoms with Crippen molar-refractivity contribution in [1.29, 1.82) is 10.5 Å². The smallest absolute Gasteiger partial charge is 0.221 e. The van der Waals surface area contributed by atoms with Gasteiger partial charge in [-0.2, -0.15) is 10.5 Å². The van der Waals surface area contributed by atoms with Gasteiger partial charge in [-0.1, -0.05) is 18.2 Å². The van der Waals surface area contributed by atoms with Crippen LogP contribution >= 0.6 is 0 Å². The molecule has 0 fully saturated rings. The summed E-state index contributed by atoms with van der Waals surface area (Å²) in [7, 11) is 0. The van der Waals surface area contributed by atoms with Gasteiger partial charge < -0.3 is 10.1 Å². The molecular weight excluding hydrogens is 372 g/mol. The molecule has 1 N–H and O–H groups in total. The van der Waals surface area contributed by atoms with Gasteiger partial charge in [0.2, 0.25) is 5.88 Å². The van der Waals surface area contributed by atoms with Gasteiger partial charge in [0.05, 0.1) is 34.5 Å². The van der Waals surface area contributed by atoms with E-state index in [9.17, 15) is 0 Å². The van der Waals surface area contributed by atoms with Crippen molar-refractivity contribution in [2.75, 3.05) is 5.32 Å². The van der Waals surface area contributed by atoms with Crippen molar-refractivity contribution in [2.45, 2.75) is 13.8 Å². The molecule has 5 nitrogen and oxygen atoms in total. The Morgan fingerprint density at radius 3 is 2.17 bits per heavy atom. The monoisotopic (exact) mass is 390 g/mol. The predicted molar refractivity (Wildman–Crippen MR) is 117 cm³/mol. The van der Waals surface area contributed by atoms with Crippen LogP contribution in [0.4, 0.5) is 11.4 Å². The first-order valence-electron chi connectivity index (χ1n) is 9.43. The van der Waals surface area contributed by atoms with Gasteiger partial charge in [-0.3, -0.25) is 0 Å². The Morgan fingerprint density at radius 2 is 1.50 bits per heavy atom. The topological polar surface area (TPSA) is 81.7 Å². The Morgan fingerprint density at radius 1 is 0.833 bits per heavy atom. The molecule has 4 aromatic rings. The van der Waals surface area contributed by atoms with Crippen LogP contribution in [0.2, 0.25) is 0 Å². The summed E-state index contributed by atoms with van der Waals surface area (Å²) < 4.78 is 6.16. The Hall–Kier alpha value is -4.35. The van der Waals surface area contributed by atoms with Gasteiger partial charge in [-0.25, -0.2) is 4.98 Å². The fourth-order valence-electron chi connectivity index (χ4n) is 3.37. The van der Waals surface area contributed by atoms with E-state index < -0.39 is 0 Å². The molecule has 0 spiro atoms. The van der Waals surface area contributed by atoms with Crippen molar-refractivity contribution < 1.29 is 4.74 Å². The summed E-state index contributed by atoms with van der Waals surface area (Å²) in [4.78, 5) is 4.65. The van der Waals surface area contributed by atoms with E-state index in [0.717, 1.165) is 33.4 Å². The SMILES string of the molecule is Cc1cc(C#N)cc(C)c1Oc1cc(Nc2ccc(C#N)cc2)c2ccccc2n1. The number of aryl methyl sites for hydroxylation is 2. The number of para-hydroxylation sites is 1. The number of benzene rings is 3. The van der Waals surface area contributed by atoms with E-state index >= 15 is 0 Å². The maximum absolute atomic E-state index is 9.17. The Labute approximate surface area is 174 Å². The lowest BCUT2D eigenvalue weighted by atomic mass is 10.1. The molecule has 1 heterocycles. The number of anilines is 2. The highest BCUT2D eigenvalue weighted by molar-refractivity contribution is 5.93. The average Bonchev–Trinajstić information content (AvgIpc) is 2.76. The summed E-state index contributed by atoms with van der Waals surface area (Å²) in [5.74, 6) is 1.15. The van der Waals surface area contributed by atoms with Gasteiger partial charge in [0, 0.05) is 17.1 Å². The maximum Gasteiger partial charge on any atom is 0.221 e. The average molecular weight is 390 g/mol. The number of nitriles is 2. The molecule has 0 aliphatic heterocycles. The first kappa shape index (κ1) is 19.0. The van der Waals surface area contributed by atoms with Crippen LogP contribution in [0.1, 0.15) is 22.3 Å². The zero-order valence-electron chi connectivity index (χ0n) is 16.6. The second-order valence-electron chi connectivity index (χ2n) is 6.99. The van der Waals surface area contributed by atoms with Crippen LogP contribution < -0.4 is 10.1 Å². The molecule has 1 aromatic heterocycles. The summed E-state index contributed by atoms with van der Waals surface area (Å²) in [6.07, 6.45) is 0. The van der Waals surface area contributed by atoms with E-state index in [1.165, 1.54) is 0 Å². The number of hydrogen-bond acceptors (Lipinski definition) is 5. The lowest BCUT2D eigenvalue weighted by Gasteiger charge is -2.15. The number of nitrogens with one attached hydrogen (secondary N) is 1. The summed E-state index contributed by atoms with van der Waals surface area (Å²) in [5.41, 5.74) is 5.48. The van der Waals surface area contributed by atoms with Gasteiger partial charge in [-0.05, 0) is 67.4 Å². The number of hydrogen-bond donors (Lipinski definition) is 1. The van der Waals surface area contributed by atoms with E-state index in [0.29, 0.717) is 22.8 Å². The molecule has 0 amide bonds. The van der Waals surface area contributed by atoms with E-state index in [1.54, 1.807) is 24.3 Å². The third kappa shape index (κ3) is 3.78. The van der Waals surface area contributed by atoms with Crippen LogP contribution in [0.3, 0.4) is 0 Å². The number of aromatic nitrogens is 1. The molecule has 0 bridgehead atoms. The van der Waals surface area contributed by atoms with Gasteiger partial charge >= 0.3 is 0 Å². The minimum atomic E-state index is 0.459. The number of pyridine rings is 1. The number of rotatable bonds is 4. The third-order valence-corrected chi connectivity index (χ3v) is 4.78. The number of ether oxygens (including phenoxy) is 1. The van der Waals surface area contributed by atoms with Gasteiger partial charge in [0.25, 0.3) is 0 Å². The zero-order chi connectivity index (χ0) is 21.1.